The van der Waals surface area contributed by atoms with Gasteiger partial charge in [-0.05, 0) is 18.2 Å². The number of carbonyl (C=O) groups excluding carboxylic acids is 1. The van der Waals surface area contributed by atoms with Crippen LogP contribution in [0.2, 0.25) is 0 Å². The maximum Gasteiger partial charge on any atom is 0.169 e. The molecule has 4 nitrogen and oxygen atoms in total. The number of fused-ring (bicyclic) bond motifs is 1. The van der Waals surface area contributed by atoms with Crippen molar-refractivity contribution in [3.05, 3.63) is 54.2 Å². The third kappa shape index (κ3) is 1.87. The topological polar surface area (TPSA) is 44.1 Å². The Balaban J connectivity index is 2.26. The van der Waals surface area contributed by atoms with Crippen molar-refractivity contribution in [1.82, 2.24) is 9.78 Å². The summed E-state index contributed by atoms with van der Waals surface area (Å²) in [7, 11) is 1.61. The number of methoxy groups -OCH3 is 1. The number of nitrogens with zero attached hydrogens (tertiary/aromatic N) is 2. The smallest absolute Gasteiger partial charge is 0.169 e. The lowest BCUT2D eigenvalue weighted by Crippen LogP contribution is -2.01. The van der Waals surface area contributed by atoms with Gasteiger partial charge in [-0.2, -0.15) is 5.10 Å². The van der Waals surface area contributed by atoms with Crippen LogP contribution in [0.1, 0.15) is 10.5 Å². The fraction of sp³-hybridized carbons (Fsp3) is 0.0667. The molecule has 19 heavy (non-hydrogen) atoms. The zero-order valence-electron chi connectivity index (χ0n) is 10.4. The molecule has 0 atom stereocenters. The second-order valence-corrected chi connectivity index (χ2v) is 4.13. The molecule has 1 aromatic heterocycles. The van der Waals surface area contributed by atoms with Crippen LogP contribution >= 0.6 is 0 Å². The SMILES string of the molecule is COc1cccc(-n2nc3ccccc3c2C=O)c1. The van der Waals surface area contributed by atoms with Crippen LogP contribution in [0.25, 0.3) is 16.6 Å². The molecular formula is C15H12N2O2. The van der Waals surface area contributed by atoms with Crippen molar-refractivity contribution in [2.24, 2.45) is 0 Å². The predicted molar refractivity (Wildman–Crippen MR) is 73.0 cm³/mol. The van der Waals surface area contributed by atoms with E-state index in [0.717, 1.165) is 28.6 Å². The van der Waals surface area contributed by atoms with Crippen LogP contribution in [0.15, 0.2) is 48.5 Å². The summed E-state index contributed by atoms with van der Waals surface area (Å²) >= 11 is 0. The van der Waals surface area contributed by atoms with E-state index in [1.54, 1.807) is 11.8 Å². The Kier molecular flexibility index (Phi) is 2.76. The lowest BCUT2D eigenvalue weighted by atomic mass is 10.2. The molecule has 1 heterocycles. The van der Waals surface area contributed by atoms with Crippen LogP contribution in [0, 0.1) is 0 Å². The third-order valence-electron chi connectivity index (χ3n) is 3.03. The third-order valence-corrected chi connectivity index (χ3v) is 3.03. The van der Waals surface area contributed by atoms with Crippen LogP contribution in [-0.2, 0) is 0 Å². The minimum Gasteiger partial charge on any atom is -0.497 e. The van der Waals surface area contributed by atoms with Gasteiger partial charge in [-0.25, -0.2) is 4.68 Å². The van der Waals surface area contributed by atoms with Gasteiger partial charge in [0.2, 0.25) is 0 Å². The summed E-state index contributed by atoms with van der Waals surface area (Å²) in [5, 5.41) is 5.31. The Morgan fingerprint density at radius 2 is 2.00 bits per heavy atom. The monoisotopic (exact) mass is 252 g/mol. The fourth-order valence-corrected chi connectivity index (χ4v) is 2.11. The highest BCUT2D eigenvalue weighted by Crippen LogP contribution is 2.22. The van der Waals surface area contributed by atoms with E-state index in [1.807, 2.05) is 48.5 Å². The second kappa shape index (κ2) is 4.57. The van der Waals surface area contributed by atoms with Gasteiger partial charge >= 0.3 is 0 Å². The van der Waals surface area contributed by atoms with E-state index in [2.05, 4.69) is 5.10 Å². The average molecular weight is 252 g/mol. The van der Waals surface area contributed by atoms with Gasteiger partial charge in [-0.15, -0.1) is 0 Å². The number of aldehydes is 1. The molecule has 0 bridgehead atoms. The summed E-state index contributed by atoms with van der Waals surface area (Å²) in [5.41, 5.74) is 2.15. The number of benzene rings is 2. The lowest BCUT2D eigenvalue weighted by Gasteiger charge is -2.05. The number of ether oxygens (including phenoxy) is 1. The van der Waals surface area contributed by atoms with Gasteiger partial charge in [0.1, 0.15) is 11.4 Å². The van der Waals surface area contributed by atoms with E-state index >= 15 is 0 Å². The Labute approximate surface area is 110 Å². The molecule has 0 radical (unpaired) electrons. The van der Waals surface area contributed by atoms with Crippen LogP contribution < -0.4 is 4.74 Å². The van der Waals surface area contributed by atoms with Crippen molar-refractivity contribution in [3.8, 4) is 11.4 Å². The molecule has 0 aliphatic heterocycles. The minimum atomic E-state index is 0.545. The van der Waals surface area contributed by atoms with E-state index in [-0.39, 0.29) is 0 Å². The van der Waals surface area contributed by atoms with Crippen molar-refractivity contribution in [2.75, 3.05) is 7.11 Å². The highest BCUT2D eigenvalue weighted by Gasteiger charge is 2.11. The van der Waals surface area contributed by atoms with E-state index in [9.17, 15) is 4.79 Å². The highest BCUT2D eigenvalue weighted by atomic mass is 16.5. The van der Waals surface area contributed by atoms with Gasteiger partial charge in [0, 0.05) is 11.5 Å². The van der Waals surface area contributed by atoms with E-state index in [0.29, 0.717) is 5.69 Å². The maximum atomic E-state index is 11.3. The molecule has 0 saturated heterocycles. The van der Waals surface area contributed by atoms with Gasteiger partial charge in [0.15, 0.2) is 6.29 Å². The zero-order valence-corrected chi connectivity index (χ0v) is 10.4. The first kappa shape index (κ1) is 11.5. The molecule has 3 aromatic rings. The minimum absolute atomic E-state index is 0.545. The molecule has 0 N–H and O–H groups in total. The van der Waals surface area contributed by atoms with E-state index in [4.69, 9.17) is 4.74 Å². The summed E-state index contributed by atoms with van der Waals surface area (Å²) < 4.78 is 6.83. The first-order valence-corrected chi connectivity index (χ1v) is 5.91. The standard InChI is InChI=1S/C15H12N2O2/c1-19-12-6-4-5-11(9-12)17-15(10-18)13-7-2-3-8-14(13)16-17/h2-10H,1H3. The Hall–Kier alpha value is -2.62. The van der Waals surface area contributed by atoms with Crippen LogP contribution in [0.5, 0.6) is 5.75 Å². The number of aromatic nitrogens is 2. The van der Waals surface area contributed by atoms with Crippen molar-refractivity contribution in [2.45, 2.75) is 0 Å². The quantitative estimate of drug-likeness (QED) is 0.673. The summed E-state index contributed by atoms with van der Waals surface area (Å²) in [5.74, 6) is 0.730. The molecule has 4 heteroatoms. The normalized spacial score (nSPS) is 10.6. The second-order valence-electron chi connectivity index (χ2n) is 4.13. The summed E-state index contributed by atoms with van der Waals surface area (Å²) in [6.45, 7) is 0. The molecular weight excluding hydrogens is 240 g/mol. The molecule has 3 rings (SSSR count). The number of carbonyl (C=O) groups is 1. The van der Waals surface area contributed by atoms with Crippen LogP contribution in [0.3, 0.4) is 0 Å². The zero-order chi connectivity index (χ0) is 13.2. The Morgan fingerprint density at radius 1 is 1.16 bits per heavy atom. The molecule has 94 valence electrons. The molecule has 0 saturated carbocycles. The van der Waals surface area contributed by atoms with Gasteiger partial charge < -0.3 is 4.74 Å². The van der Waals surface area contributed by atoms with Gasteiger partial charge in [0.25, 0.3) is 0 Å². The van der Waals surface area contributed by atoms with Gasteiger partial charge in [-0.1, -0.05) is 24.3 Å². The first-order valence-electron chi connectivity index (χ1n) is 5.91. The van der Waals surface area contributed by atoms with E-state index in [1.165, 1.54) is 0 Å². The molecule has 0 aliphatic rings. The van der Waals surface area contributed by atoms with E-state index < -0.39 is 0 Å². The van der Waals surface area contributed by atoms with Crippen LogP contribution in [0.4, 0.5) is 0 Å². The summed E-state index contributed by atoms with van der Waals surface area (Å²) in [6, 6.07) is 15.0. The molecule has 2 aromatic carbocycles. The number of rotatable bonds is 3. The van der Waals surface area contributed by atoms with Crippen molar-refractivity contribution in [1.29, 1.82) is 0 Å². The molecule has 0 spiro atoms. The molecule has 0 amide bonds. The number of hydrogen-bond donors (Lipinski definition) is 0. The maximum absolute atomic E-state index is 11.3. The van der Waals surface area contributed by atoms with Gasteiger partial charge in [-0.3, -0.25) is 4.79 Å². The molecule has 0 unspecified atom stereocenters. The molecule has 0 fully saturated rings. The first-order chi connectivity index (χ1) is 9.33. The molecule has 0 aliphatic carbocycles. The highest BCUT2D eigenvalue weighted by molar-refractivity contribution is 5.95. The van der Waals surface area contributed by atoms with Crippen LogP contribution in [-0.4, -0.2) is 23.2 Å². The number of hydrogen-bond acceptors (Lipinski definition) is 3. The Morgan fingerprint density at radius 3 is 2.79 bits per heavy atom. The van der Waals surface area contributed by atoms with Gasteiger partial charge in [0.05, 0.1) is 18.3 Å². The average Bonchev–Trinajstić information content (AvgIpc) is 2.86. The lowest BCUT2D eigenvalue weighted by molar-refractivity contribution is 0.111. The largest absolute Gasteiger partial charge is 0.497 e. The van der Waals surface area contributed by atoms with Crippen molar-refractivity contribution >= 4 is 17.2 Å². The van der Waals surface area contributed by atoms with Crippen molar-refractivity contribution in [3.63, 3.8) is 0 Å². The summed E-state index contributed by atoms with van der Waals surface area (Å²) in [4.78, 5) is 11.3. The fourth-order valence-electron chi connectivity index (χ4n) is 2.11. The Bertz CT molecular complexity index is 747. The summed E-state index contributed by atoms with van der Waals surface area (Å²) in [6.07, 6.45) is 0.828. The predicted octanol–water partition coefficient (Wildman–Crippen LogP) is 2.85. The van der Waals surface area contributed by atoms with Crippen molar-refractivity contribution < 1.29 is 9.53 Å².